The molecule has 18 heavy (non-hydrogen) atoms. The van der Waals surface area contributed by atoms with E-state index in [2.05, 4.69) is 0 Å². The minimum atomic E-state index is -0.876. The van der Waals surface area contributed by atoms with Crippen molar-refractivity contribution in [2.24, 2.45) is 17.8 Å². The van der Waals surface area contributed by atoms with Crippen molar-refractivity contribution in [3.8, 4) is 0 Å². The van der Waals surface area contributed by atoms with E-state index in [1.54, 1.807) is 18.9 Å². The van der Waals surface area contributed by atoms with Gasteiger partial charge in [-0.3, -0.25) is 14.5 Å². The minimum Gasteiger partial charge on any atom is -0.480 e. The fourth-order valence-electron chi connectivity index (χ4n) is 2.86. The van der Waals surface area contributed by atoms with Gasteiger partial charge in [-0.05, 0) is 38.6 Å². The van der Waals surface area contributed by atoms with Crippen molar-refractivity contribution in [2.45, 2.75) is 32.8 Å². The second kappa shape index (κ2) is 6.29. The molecule has 0 spiro atoms. The van der Waals surface area contributed by atoms with E-state index >= 15 is 0 Å². The number of aliphatic hydroxyl groups is 1. The SMILES string of the molecule is CC(=O)C1CC(C)C(O)C(CN(C)CC(=O)O)C1. The fourth-order valence-corrected chi connectivity index (χ4v) is 2.86. The zero-order valence-corrected chi connectivity index (χ0v) is 11.3. The zero-order valence-electron chi connectivity index (χ0n) is 11.3. The molecule has 0 bridgehead atoms. The molecule has 0 amide bonds. The topological polar surface area (TPSA) is 77.8 Å². The van der Waals surface area contributed by atoms with E-state index in [1.807, 2.05) is 6.92 Å². The average molecular weight is 257 g/mol. The van der Waals surface area contributed by atoms with E-state index in [-0.39, 0.29) is 30.1 Å². The number of hydrogen-bond donors (Lipinski definition) is 2. The van der Waals surface area contributed by atoms with Gasteiger partial charge in [0.1, 0.15) is 5.78 Å². The number of carboxylic acid groups (broad SMARTS) is 1. The second-order valence-corrected chi connectivity index (χ2v) is 5.60. The van der Waals surface area contributed by atoms with Gasteiger partial charge in [0.2, 0.25) is 0 Å². The summed E-state index contributed by atoms with van der Waals surface area (Å²) in [6.45, 7) is 4.01. The molecule has 0 aromatic heterocycles. The Kier molecular flexibility index (Phi) is 5.28. The van der Waals surface area contributed by atoms with E-state index in [0.717, 1.165) is 6.42 Å². The summed E-state index contributed by atoms with van der Waals surface area (Å²) in [7, 11) is 1.73. The average Bonchev–Trinajstić information content (AvgIpc) is 2.22. The first-order valence-corrected chi connectivity index (χ1v) is 6.40. The summed E-state index contributed by atoms with van der Waals surface area (Å²) in [5.74, 6) is -0.631. The van der Waals surface area contributed by atoms with E-state index in [4.69, 9.17) is 5.11 Å². The molecule has 104 valence electrons. The lowest BCUT2D eigenvalue weighted by atomic mass is 9.72. The monoisotopic (exact) mass is 257 g/mol. The number of hydrogen-bond acceptors (Lipinski definition) is 4. The lowest BCUT2D eigenvalue weighted by Gasteiger charge is -2.38. The number of carboxylic acids is 1. The molecular formula is C13H23NO4. The normalized spacial score (nSPS) is 32.5. The molecule has 5 nitrogen and oxygen atoms in total. The highest BCUT2D eigenvalue weighted by molar-refractivity contribution is 5.78. The third kappa shape index (κ3) is 4.07. The van der Waals surface area contributed by atoms with Crippen LogP contribution in [0.5, 0.6) is 0 Å². The molecule has 1 rings (SSSR count). The van der Waals surface area contributed by atoms with Gasteiger partial charge >= 0.3 is 5.97 Å². The van der Waals surface area contributed by atoms with Gasteiger partial charge in [-0.1, -0.05) is 6.92 Å². The number of carbonyl (C=O) groups excluding carboxylic acids is 1. The number of carbonyl (C=O) groups is 2. The Bertz CT molecular complexity index is 318. The maximum absolute atomic E-state index is 11.5. The molecule has 0 saturated heterocycles. The van der Waals surface area contributed by atoms with Crippen LogP contribution in [0.2, 0.25) is 0 Å². The van der Waals surface area contributed by atoms with Gasteiger partial charge in [-0.15, -0.1) is 0 Å². The molecule has 0 radical (unpaired) electrons. The standard InChI is InChI=1S/C13H23NO4/c1-8-4-10(9(2)15)5-11(13(8)18)6-14(3)7-12(16)17/h8,10-11,13,18H,4-7H2,1-3H3,(H,16,17). The van der Waals surface area contributed by atoms with Crippen molar-refractivity contribution in [1.82, 2.24) is 4.90 Å². The number of ketones is 1. The predicted molar refractivity (Wildman–Crippen MR) is 67.2 cm³/mol. The van der Waals surface area contributed by atoms with Crippen LogP contribution in [-0.4, -0.2) is 53.1 Å². The molecule has 0 aromatic carbocycles. The number of aliphatic carboxylic acids is 1. The van der Waals surface area contributed by atoms with E-state index in [0.29, 0.717) is 13.0 Å². The van der Waals surface area contributed by atoms with Crippen molar-refractivity contribution < 1.29 is 19.8 Å². The molecule has 5 heteroatoms. The van der Waals surface area contributed by atoms with Crippen molar-refractivity contribution >= 4 is 11.8 Å². The maximum Gasteiger partial charge on any atom is 0.317 e. The minimum absolute atomic E-state index is 0.00614. The van der Waals surface area contributed by atoms with Crippen LogP contribution >= 0.6 is 0 Å². The summed E-state index contributed by atoms with van der Waals surface area (Å²) >= 11 is 0. The summed E-state index contributed by atoms with van der Waals surface area (Å²) in [5.41, 5.74) is 0. The largest absolute Gasteiger partial charge is 0.480 e. The van der Waals surface area contributed by atoms with Crippen LogP contribution in [0, 0.1) is 17.8 Å². The third-order valence-corrected chi connectivity index (χ3v) is 3.84. The van der Waals surface area contributed by atoms with Gasteiger partial charge in [-0.2, -0.15) is 0 Å². The highest BCUT2D eigenvalue weighted by atomic mass is 16.4. The Labute approximate surface area is 108 Å². The lowest BCUT2D eigenvalue weighted by molar-refractivity contribution is -0.138. The molecule has 1 fully saturated rings. The van der Waals surface area contributed by atoms with Gasteiger partial charge in [0.05, 0.1) is 12.6 Å². The van der Waals surface area contributed by atoms with Gasteiger partial charge in [-0.25, -0.2) is 0 Å². The first-order chi connectivity index (χ1) is 8.31. The summed E-state index contributed by atoms with van der Waals surface area (Å²) < 4.78 is 0. The fraction of sp³-hybridized carbons (Fsp3) is 0.846. The Hall–Kier alpha value is -0.940. The number of likely N-dealkylation sites (N-methyl/N-ethyl adjacent to an activating group) is 1. The van der Waals surface area contributed by atoms with Gasteiger partial charge < -0.3 is 10.2 Å². The first-order valence-electron chi connectivity index (χ1n) is 6.40. The van der Waals surface area contributed by atoms with Crippen molar-refractivity contribution in [1.29, 1.82) is 0 Å². The molecule has 1 aliphatic carbocycles. The maximum atomic E-state index is 11.5. The molecule has 0 aliphatic heterocycles. The second-order valence-electron chi connectivity index (χ2n) is 5.60. The Morgan fingerprint density at radius 3 is 2.44 bits per heavy atom. The quantitative estimate of drug-likeness (QED) is 0.754. The van der Waals surface area contributed by atoms with Gasteiger partial charge in [0.25, 0.3) is 0 Å². The van der Waals surface area contributed by atoms with Crippen LogP contribution in [0.15, 0.2) is 0 Å². The van der Waals surface area contributed by atoms with E-state index in [1.165, 1.54) is 0 Å². The highest BCUT2D eigenvalue weighted by Gasteiger charge is 2.36. The summed E-state index contributed by atoms with van der Waals surface area (Å²) in [6, 6.07) is 0. The summed E-state index contributed by atoms with van der Waals surface area (Å²) in [6.07, 6.45) is 0.942. The Morgan fingerprint density at radius 1 is 1.33 bits per heavy atom. The lowest BCUT2D eigenvalue weighted by Crippen LogP contribution is -2.43. The zero-order chi connectivity index (χ0) is 13.9. The molecule has 1 aliphatic rings. The first kappa shape index (κ1) is 15.1. The van der Waals surface area contributed by atoms with Gasteiger partial charge in [0, 0.05) is 12.5 Å². The number of rotatable bonds is 5. The Morgan fingerprint density at radius 2 is 1.94 bits per heavy atom. The molecule has 0 heterocycles. The predicted octanol–water partition coefficient (Wildman–Crippen LogP) is 0.615. The molecule has 4 unspecified atom stereocenters. The summed E-state index contributed by atoms with van der Waals surface area (Å²) in [4.78, 5) is 23.8. The van der Waals surface area contributed by atoms with Crippen LogP contribution < -0.4 is 0 Å². The van der Waals surface area contributed by atoms with Crippen LogP contribution in [0.25, 0.3) is 0 Å². The van der Waals surface area contributed by atoms with Crippen LogP contribution in [0.3, 0.4) is 0 Å². The van der Waals surface area contributed by atoms with Crippen LogP contribution in [-0.2, 0) is 9.59 Å². The van der Waals surface area contributed by atoms with Crippen LogP contribution in [0.1, 0.15) is 26.7 Å². The van der Waals surface area contributed by atoms with E-state index < -0.39 is 12.1 Å². The van der Waals surface area contributed by atoms with Crippen molar-refractivity contribution in [3.63, 3.8) is 0 Å². The Balaban J connectivity index is 2.61. The molecule has 1 saturated carbocycles. The number of nitrogens with zero attached hydrogens (tertiary/aromatic N) is 1. The third-order valence-electron chi connectivity index (χ3n) is 3.84. The molecule has 4 atom stereocenters. The van der Waals surface area contributed by atoms with Crippen molar-refractivity contribution in [2.75, 3.05) is 20.1 Å². The van der Waals surface area contributed by atoms with Crippen LogP contribution in [0.4, 0.5) is 0 Å². The number of aliphatic hydroxyl groups excluding tert-OH is 1. The summed E-state index contributed by atoms with van der Waals surface area (Å²) in [5, 5.41) is 18.8. The van der Waals surface area contributed by atoms with E-state index in [9.17, 15) is 14.7 Å². The number of Topliss-reactive ketones (excluding diaryl/α,β-unsaturated/α-hetero) is 1. The van der Waals surface area contributed by atoms with Gasteiger partial charge in [0.15, 0.2) is 0 Å². The smallest absolute Gasteiger partial charge is 0.317 e. The molecule has 0 aromatic rings. The molecular weight excluding hydrogens is 234 g/mol. The van der Waals surface area contributed by atoms with Crippen molar-refractivity contribution in [3.05, 3.63) is 0 Å². The molecule has 2 N–H and O–H groups in total. The highest BCUT2D eigenvalue weighted by Crippen LogP contribution is 2.34.